The molecule has 1 heterocycles. The maximum absolute atomic E-state index is 12.3. The summed E-state index contributed by atoms with van der Waals surface area (Å²) in [5.74, 6) is -0.166. The molecule has 1 aliphatic heterocycles. The van der Waals surface area contributed by atoms with Crippen molar-refractivity contribution in [1.82, 2.24) is 0 Å². The number of anilines is 1. The zero-order valence-electron chi connectivity index (χ0n) is 17.3. The van der Waals surface area contributed by atoms with E-state index in [1.807, 2.05) is 52.0 Å². The van der Waals surface area contributed by atoms with Crippen molar-refractivity contribution in [2.24, 2.45) is 15.6 Å². The van der Waals surface area contributed by atoms with Crippen molar-refractivity contribution >= 4 is 23.0 Å². The van der Waals surface area contributed by atoms with Crippen molar-refractivity contribution in [1.29, 1.82) is 5.26 Å². The van der Waals surface area contributed by atoms with Gasteiger partial charge in [0.25, 0.3) is 0 Å². The second-order valence-corrected chi connectivity index (χ2v) is 8.64. The molecule has 0 unspecified atom stereocenters. The fraction of sp³-hybridized carbons (Fsp3) is 0.391. The Balaban J connectivity index is 1.62. The van der Waals surface area contributed by atoms with Crippen LogP contribution in [0.5, 0.6) is 0 Å². The molecule has 1 aliphatic rings. The van der Waals surface area contributed by atoms with Crippen LogP contribution in [0.25, 0.3) is 0 Å². The molecular formula is C23H26N4O2. The van der Waals surface area contributed by atoms with Crippen LogP contribution in [0, 0.1) is 16.7 Å². The molecule has 0 bridgehead atoms. The van der Waals surface area contributed by atoms with E-state index in [1.54, 1.807) is 24.3 Å². The minimum atomic E-state index is -0.502. The molecule has 6 heteroatoms. The molecule has 1 atom stereocenters. The molecule has 2 aromatic carbocycles. The number of hydrogen-bond donors (Lipinski definition) is 0. The number of nitriles is 1. The Morgan fingerprint density at radius 3 is 2.14 bits per heavy atom. The minimum Gasteiger partial charge on any atom is -0.457 e. The molecule has 2 aromatic rings. The van der Waals surface area contributed by atoms with Gasteiger partial charge in [-0.15, -0.1) is 0 Å². The topological polar surface area (TPSA) is 78.0 Å². The zero-order valence-corrected chi connectivity index (χ0v) is 17.3. The van der Waals surface area contributed by atoms with E-state index in [0.29, 0.717) is 17.8 Å². The first kappa shape index (κ1) is 20.5. The van der Waals surface area contributed by atoms with E-state index < -0.39 is 11.0 Å². The van der Waals surface area contributed by atoms with Crippen LogP contribution in [0.2, 0.25) is 0 Å². The molecule has 0 radical (unpaired) electrons. The molecule has 0 spiro atoms. The van der Waals surface area contributed by atoms with Crippen LogP contribution in [0.15, 0.2) is 58.8 Å². The highest BCUT2D eigenvalue weighted by atomic mass is 16.6. The highest BCUT2D eigenvalue weighted by molar-refractivity contribution is 5.76. The summed E-state index contributed by atoms with van der Waals surface area (Å²) >= 11 is 0. The van der Waals surface area contributed by atoms with Gasteiger partial charge in [0, 0.05) is 18.7 Å². The van der Waals surface area contributed by atoms with Crippen LogP contribution in [0.1, 0.15) is 39.7 Å². The summed E-state index contributed by atoms with van der Waals surface area (Å²) in [7, 11) is 0. The Kier molecular flexibility index (Phi) is 5.69. The van der Waals surface area contributed by atoms with E-state index in [4.69, 9.17) is 10.00 Å². The van der Waals surface area contributed by atoms with Crippen LogP contribution in [-0.2, 0) is 9.53 Å². The normalized spacial score (nSPS) is 19.3. The van der Waals surface area contributed by atoms with Crippen molar-refractivity contribution in [3.63, 3.8) is 0 Å². The lowest BCUT2D eigenvalue weighted by Gasteiger charge is -2.29. The van der Waals surface area contributed by atoms with Gasteiger partial charge in [-0.1, -0.05) is 0 Å². The first-order valence-electron chi connectivity index (χ1n) is 9.69. The van der Waals surface area contributed by atoms with Gasteiger partial charge in [-0.05, 0) is 76.2 Å². The standard InChI is InChI=1S/C23H26N4O2/c1-22(2,3)21(28)29-23(4)13-14-27(16-23)20-11-9-19(10-12-20)26-25-18-7-5-17(15-24)6-8-18/h5-12H,13-14,16H2,1-4H3/t23-/m0/s1. The predicted octanol–water partition coefficient (Wildman–Crippen LogP) is 5.53. The SMILES string of the molecule is CC(C)(C)C(=O)O[C@@]1(C)CCN(c2ccc(N=Nc3ccc(C#N)cc3)cc2)C1. The molecule has 0 amide bonds. The minimum absolute atomic E-state index is 0.166. The summed E-state index contributed by atoms with van der Waals surface area (Å²) in [6, 6.07) is 16.9. The second-order valence-electron chi connectivity index (χ2n) is 8.64. The fourth-order valence-corrected chi connectivity index (χ4v) is 3.06. The third-order valence-corrected chi connectivity index (χ3v) is 4.88. The van der Waals surface area contributed by atoms with E-state index in [9.17, 15) is 4.79 Å². The molecule has 29 heavy (non-hydrogen) atoms. The van der Waals surface area contributed by atoms with Gasteiger partial charge < -0.3 is 9.64 Å². The molecule has 3 rings (SSSR count). The number of esters is 1. The first-order valence-corrected chi connectivity index (χ1v) is 9.69. The summed E-state index contributed by atoms with van der Waals surface area (Å²) in [5, 5.41) is 17.3. The summed E-state index contributed by atoms with van der Waals surface area (Å²) in [4.78, 5) is 14.5. The predicted molar refractivity (Wildman–Crippen MR) is 113 cm³/mol. The quantitative estimate of drug-likeness (QED) is 0.508. The second kappa shape index (κ2) is 8.04. The van der Waals surface area contributed by atoms with Crippen molar-refractivity contribution in [2.45, 2.75) is 39.7 Å². The third kappa shape index (κ3) is 5.20. The number of nitrogens with zero attached hydrogens (tertiary/aromatic N) is 4. The first-order chi connectivity index (χ1) is 13.7. The Morgan fingerprint density at radius 2 is 1.62 bits per heavy atom. The highest BCUT2D eigenvalue weighted by Crippen LogP contribution is 2.32. The molecule has 1 fully saturated rings. The van der Waals surface area contributed by atoms with Crippen LogP contribution < -0.4 is 4.90 Å². The van der Waals surface area contributed by atoms with Crippen molar-refractivity contribution in [3.8, 4) is 6.07 Å². The van der Waals surface area contributed by atoms with Gasteiger partial charge in [-0.2, -0.15) is 15.5 Å². The van der Waals surface area contributed by atoms with Crippen molar-refractivity contribution in [2.75, 3.05) is 18.0 Å². The van der Waals surface area contributed by atoms with Gasteiger partial charge in [0.2, 0.25) is 0 Å². The van der Waals surface area contributed by atoms with Gasteiger partial charge in [-0.3, -0.25) is 4.79 Å². The lowest BCUT2D eigenvalue weighted by atomic mass is 9.96. The van der Waals surface area contributed by atoms with Gasteiger partial charge >= 0.3 is 5.97 Å². The van der Waals surface area contributed by atoms with Crippen molar-refractivity contribution in [3.05, 3.63) is 54.1 Å². The van der Waals surface area contributed by atoms with Crippen LogP contribution in [0.3, 0.4) is 0 Å². The summed E-state index contributed by atoms with van der Waals surface area (Å²) in [5.41, 5.74) is 2.14. The lowest BCUT2D eigenvalue weighted by Crippen LogP contribution is -2.39. The Bertz CT molecular complexity index is 937. The number of hydrogen-bond acceptors (Lipinski definition) is 6. The summed E-state index contributed by atoms with van der Waals surface area (Å²) in [6.07, 6.45) is 0.801. The van der Waals surface area contributed by atoms with Crippen LogP contribution in [0.4, 0.5) is 17.1 Å². The summed E-state index contributed by atoms with van der Waals surface area (Å²) < 4.78 is 5.81. The molecular weight excluding hydrogens is 364 g/mol. The van der Waals surface area contributed by atoms with Crippen LogP contribution in [-0.4, -0.2) is 24.7 Å². The fourth-order valence-electron chi connectivity index (χ4n) is 3.06. The van der Waals surface area contributed by atoms with E-state index in [-0.39, 0.29) is 5.97 Å². The molecule has 1 saturated heterocycles. The maximum atomic E-state index is 12.3. The Hall–Kier alpha value is -3.20. The number of carbonyl (C=O) groups is 1. The van der Waals surface area contributed by atoms with Gasteiger partial charge in [0.05, 0.1) is 35.0 Å². The van der Waals surface area contributed by atoms with E-state index in [0.717, 1.165) is 24.3 Å². The summed E-state index contributed by atoms with van der Waals surface area (Å²) in [6.45, 7) is 9.11. The number of azo groups is 1. The molecule has 0 N–H and O–H groups in total. The molecule has 0 aliphatic carbocycles. The van der Waals surface area contributed by atoms with Gasteiger partial charge in [-0.25, -0.2) is 0 Å². The van der Waals surface area contributed by atoms with Gasteiger partial charge in [0.1, 0.15) is 5.60 Å². The third-order valence-electron chi connectivity index (χ3n) is 4.88. The Labute approximate surface area is 171 Å². The molecule has 0 aromatic heterocycles. The van der Waals surface area contributed by atoms with E-state index in [1.165, 1.54) is 0 Å². The zero-order chi connectivity index (χ0) is 21.1. The number of ether oxygens (including phenoxy) is 1. The van der Waals surface area contributed by atoms with Gasteiger partial charge in [0.15, 0.2) is 0 Å². The number of benzene rings is 2. The highest BCUT2D eigenvalue weighted by Gasteiger charge is 2.39. The van der Waals surface area contributed by atoms with Crippen LogP contribution >= 0.6 is 0 Å². The maximum Gasteiger partial charge on any atom is 0.311 e. The molecule has 6 nitrogen and oxygen atoms in total. The van der Waals surface area contributed by atoms with E-state index >= 15 is 0 Å². The average Bonchev–Trinajstić information content (AvgIpc) is 3.08. The van der Waals surface area contributed by atoms with Crippen molar-refractivity contribution < 1.29 is 9.53 Å². The molecule has 0 saturated carbocycles. The number of carbonyl (C=O) groups excluding carboxylic acids is 1. The molecule has 150 valence electrons. The largest absolute Gasteiger partial charge is 0.457 e. The smallest absolute Gasteiger partial charge is 0.311 e. The average molecular weight is 390 g/mol. The van der Waals surface area contributed by atoms with E-state index in [2.05, 4.69) is 21.2 Å². The Morgan fingerprint density at radius 1 is 1.07 bits per heavy atom. The number of rotatable bonds is 4. The lowest BCUT2D eigenvalue weighted by molar-refractivity contribution is -0.165. The monoisotopic (exact) mass is 390 g/mol.